The zero-order valence-corrected chi connectivity index (χ0v) is 13.5. The van der Waals surface area contributed by atoms with Crippen LogP contribution >= 0.6 is 0 Å². The van der Waals surface area contributed by atoms with Crippen LogP contribution in [0, 0.1) is 0 Å². The Hall–Kier alpha value is -2.45. The number of hydrogen-bond donors (Lipinski definition) is 2. The highest BCUT2D eigenvalue weighted by Crippen LogP contribution is 2.23. The minimum absolute atomic E-state index is 0.0924. The second-order valence-electron chi connectivity index (χ2n) is 4.89. The summed E-state index contributed by atoms with van der Waals surface area (Å²) in [5.41, 5.74) is 0.914. The third kappa shape index (κ3) is 4.05. The van der Waals surface area contributed by atoms with Crippen molar-refractivity contribution in [3.8, 4) is 5.75 Å². The molecule has 0 aliphatic carbocycles. The van der Waals surface area contributed by atoms with Crippen molar-refractivity contribution in [3.05, 3.63) is 53.9 Å². The maximum absolute atomic E-state index is 12.4. The highest BCUT2D eigenvalue weighted by Gasteiger charge is 2.19. The summed E-state index contributed by atoms with van der Waals surface area (Å²) in [4.78, 5) is 16.3. The van der Waals surface area contributed by atoms with E-state index in [0.29, 0.717) is 0 Å². The van der Waals surface area contributed by atoms with Gasteiger partial charge in [-0.1, -0.05) is 6.07 Å². The number of nitrogens with two attached hydrogens (primary N) is 1. The van der Waals surface area contributed by atoms with E-state index in [2.05, 4.69) is 10.3 Å². The van der Waals surface area contributed by atoms with Crippen molar-refractivity contribution in [1.82, 2.24) is 10.3 Å². The van der Waals surface area contributed by atoms with Gasteiger partial charge in [0, 0.05) is 12.4 Å². The van der Waals surface area contributed by atoms with Crippen LogP contribution in [0.5, 0.6) is 5.75 Å². The molecule has 0 fully saturated rings. The van der Waals surface area contributed by atoms with Crippen molar-refractivity contribution in [2.24, 2.45) is 5.14 Å². The molecular formula is C15H17N3O4S. The second-order valence-corrected chi connectivity index (χ2v) is 6.45. The van der Waals surface area contributed by atoms with Crippen LogP contribution in [0.15, 0.2) is 47.6 Å². The molecule has 1 aromatic carbocycles. The lowest BCUT2D eigenvalue weighted by atomic mass is 10.1. The second kappa shape index (κ2) is 6.76. The van der Waals surface area contributed by atoms with Gasteiger partial charge in [-0.3, -0.25) is 9.78 Å². The van der Waals surface area contributed by atoms with Crippen LogP contribution in [-0.4, -0.2) is 26.4 Å². The smallest absolute Gasteiger partial charge is 0.255 e. The number of nitrogens with zero attached hydrogens (tertiary/aromatic N) is 1. The zero-order valence-electron chi connectivity index (χ0n) is 12.7. The lowest BCUT2D eigenvalue weighted by molar-refractivity contribution is 0.0936. The van der Waals surface area contributed by atoms with Gasteiger partial charge in [-0.25, -0.2) is 13.6 Å². The molecule has 122 valence electrons. The Morgan fingerprint density at radius 2 is 2.09 bits per heavy atom. The molecule has 0 saturated carbocycles. The summed E-state index contributed by atoms with van der Waals surface area (Å²) < 4.78 is 28.0. The van der Waals surface area contributed by atoms with Crippen LogP contribution in [0.3, 0.4) is 0 Å². The van der Waals surface area contributed by atoms with Crippen molar-refractivity contribution < 1.29 is 17.9 Å². The van der Waals surface area contributed by atoms with E-state index in [0.717, 1.165) is 5.56 Å². The fourth-order valence-corrected chi connectivity index (χ4v) is 2.57. The highest BCUT2D eigenvalue weighted by molar-refractivity contribution is 7.89. The average molecular weight is 335 g/mol. The predicted octanol–water partition coefficient (Wildman–Crippen LogP) is 1.23. The molecule has 0 aliphatic rings. The molecule has 1 heterocycles. The molecule has 2 rings (SSSR count). The number of benzene rings is 1. The number of pyridine rings is 1. The minimum Gasteiger partial charge on any atom is -0.496 e. The van der Waals surface area contributed by atoms with Crippen LogP contribution in [-0.2, 0) is 10.0 Å². The van der Waals surface area contributed by atoms with Gasteiger partial charge in [0.15, 0.2) is 0 Å². The van der Waals surface area contributed by atoms with Crippen molar-refractivity contribution in [2.45, 2.75) is 17.9 Å². The Balaban J connectivity index is 2.31. The summed E-state index contributed by atoms with van der Waals surface area (Å²) in [6, 6.07) is 7.16. The Bertz CT molecular complexity index is 807. The Kier molecular flexibility index (Phi) is 4.97. The number of sulfonamides is 1. The number of aromatic nitrogens is 1. The predicted molar refractivity (Wildman–Crippen MR) is 84.5 cm³/mol. The Morgan fingerprint density at radius 1 is 1.35 bits per heavy atom. The van der Waals surface area contributed by atoms with Crippen LogP contribution < -0.4 is 15.2 Å². The molecule has 0 bridgehead atoms. The lowest BCUT2D eigenvalue weighted by Crippen LogP contribution is -2.27. The summed E-state index contributed by atoms with van der Waals surface area (Å²) in [5.74, 6) is -0.211. The van der Waals surface area contributed by atoms with Gasteiger partial charge < -0.3 is 10.1 Å². The van der Waals surface area contributed by atoms with Gasteiger partial charge in [-0.15, -0.1) is 0 Å². The number of carbonyl (C=O) groups excluding carboxylic acids is 1. The largest absolute Gasteiger partial charge is 0.496 e. The van der Waals surface area contributed by atoms with Crippen LogP contribution in [0.25, 0.3) is 0 Å². The quantitative estimate of drug-likeness (QED) is 0.853. The van der Waals surface area contributed by atoms with Gasteiger partial charge in [0.05, 0.1) is 23.6 Å². The molecule has 1 aromatic heterocycles. The van der Waals surface area contributed by atoms with Crippen LogP contribution in [0.1, 0.15) is 28.9 Å². The molecule has 1 atom stereocenters. The van der Waals surface area contributed by atoms with E-state index in [1.807, 2.05) is 6.07 Å². The molecule has 2 aromatic rings. The fourth-order valence-electron chi connectivity index (χ4n) is 2.03. The van der Waals surface area contributed by atoms with E-state index in [1.54, 1.807) is 25.4 Å². The number of hydrogen-bond acceptors (Lipinski definition) is 5. The van der Waals surface area contributed by atoms with E-state index in [9.17, 15) is 13.2 Å². The van der Waals surface area contributed by atoms with Gasteiger partial charge in [-0.05, 0) is 36.8 Å². The summed E-state index contributed by atoms with van der Waals surface area (Å²) in [6.07, 6.45) is 3.28. The molecule has 8 heteroatoms. The first-order valence-corrected chi connectivity index (χ1v) is 8.29. The van der Waals surface area contributed by atoms with Crippen LogP contribution in [0.4, 0.5) is 0 Å². The normalized spacial score (nSPS) is 12.5. The van der Waals surface area contributed by atoms with Gasteiger partial charge in [-0.2, -0.15) is 0 Å². The van der Waals surface area contributed by atoms with Gasteiger partial charge >= 0.3 is 0 Å². The summed E-state index contributed by atoms with van der Waals surface area (Å²) in [7, 11) is -2.51. The van der Waals surface area contributed by atoms with Gasteiger partial charge in [0.1, 0.15) is 5.75 Å². The standard InChI is InChI=1S/C15H17N3O4S/c1-10(11-4-3-7-17-9-11)18-15(19)13-8-12(23(16,20)21)5-6-14(13)22-2/h3-10H,1-2H3,(H,18,19)(H2,16,20,21). The molecule has 0 radical (unpaired) electrons. The number of methoxy groups -OCH3 is 1. The molecule has 23 heavy (non-hydrogen) atoms. The molecule has 7 nitrogen and oxygen atoms in total. The van der Waals surface area contributed by atoms with Crippen LogP contribution in [0.2, 0.25) is 0 Å². The maximum atomic E-state index is 12.4. The molecule has 0 spiro atoms. The van der Waals surface area contributed by atoms with Crippen molar-refractivity contribution in [1.29, 1.82) is 0 Å². The van der Waals surface area contributed by atoms with E-state index in [-0.39, 0.29) is 22.3 Å². The first-order valence-electron chi connectivity index (χ1n) is 6.74. The molecule has 0 saturated heterocycles. The number of nitrogens with one attached hydrogen (secondary N) is 1. The molecule has 1 unspecified atom stereocenters. The summed E-state index contributed by atoms with van der Waals surface area (Å²) in [6.45, 7) is 1.80. The Labute approximate surface area is 134 Å². The molecular weight excluding hydrogens is 318 g/mol. The number of ether oxygens (including phenoxy) is 1. The average Bonchev–Trinajstić information content (AvgIpc) is 2.54. The van der Waals surface area contributed by atoms with E-state index < -0.39 is 15.9 Å². The van der Waals surface area contributed by atoms with Crippen molar-refractivity contribution in [2.75, 3.05) is 7.11 Å². The highest BCUT2D eigenvalue weighted by atomic mass is 32.2. The third-order valence-electron chi connectivity index (χ3n) is 3.28. The maximum Gasteiger partial charge on any atom is 0.255 e. The molecule has 0 aliphatic heterocycles. The van der Waals surface area contributed by atoms with Gasteiger partial charge in [0.25, 0.3) is 5.91 Å². The monoisotopic (exact) mass is 335 g/mol. The van der Waals surface area contributed by atoms with E-state index in [4.69, 9.17) is 9.88 Å². The SMILES string of the molecule is COc1ccc(S(N)(=O)=O)cc1C(=O)NC(C)c1cccnc1. The summed E-state index contributed by atoms with van der Waals surface area (Å²) >= 11 is 0. The van der Waals surface area contributed by atoms with Crippen molar-refractivity contribution >= 4 is 15.9 Å². The van der Waals surface area contributed by atoms with E-state index >= 15 is 0 Å². The zero-order chi connectivity index (χ0) is 17.0. The molecule has 3 N–H and O–H groups in total. The minimum atomic E-state index is -3.91. The topological polar surface area (TPSA) is 111 Å². The number of rotatable bonds is 5. The molecule has 1 amide bonds. The van der Waals surface area contributed by atoms with Gasteiger partial charge in [0.2, 0.25) is 10.0 Å². The number of amides is 1. The summed E-state index contributed by atoms with van der Waals surface area (Å²) in [5, 5.41) is 7.87. The lowest BCUT2D eigenvalue weighted by Gasteiger charge is -2.16. The number of primary sulfonamides is 1. The van der Waals surface area contributed by atoms with E-state index in [1.165, 1.54) is 25.3 Å². The fraction of sp³-hybridized carbons (Fsp3) is 0.200. The first kappa shape index (κ1) is 16.9. The number of carbonyl (C=O) groups is 1. The third-order valence-corrected chi connectivity index (χ3v) is 4.19. The van der Waals surface area contributed by atoms with Crippen molar-refractivity contribution in [3.63, 3.8) is 0 Å². The Morgan fingerprint density at radius 3 is 2.65 bits per heavy atom. The first-order chi connectivity index (χ1) is 10.8.